The van der Waals surface area contributed by atoms with E-state index in [2.05, 4.69) is 55.1 Å². The number of benzene rings is 2. The molecular formula is C21H25NO2. The molecule has 1 heterocycles. The molecule has 1 N–H and O–H groups in total. The minimum absolute atomic E-state index is 0.00369. The number of nitrogens with zero attached hydrogens (tertiary/aromatic N) is 1. The summed E-state index contributed by atoms with van der Waals surface area (Å²) in [5.74, 6) is -0.222. The van der Waals surface area contributed by atoms with Gasteiger partial charge in [0.1, 0.15) is 6.04 Å². The lowest BCUT2D eigenvalue weighted by Gasteiger charge is -2.32. The summed E-state index contributed by atoms with van der Waals surface area (Å²) in [6.07, 6.45) is 1.66. The largest absolute Gasteiger partial charge is 0.480 e. The van der Waals surface area contributed by atoms with Crippen molar-refractivity contribution in [3.63, 3.8) is 0 Å². The second-order valence-electron chi connectivity index (χ2n) is 6.87. The standard InChI is InChI=1S/C21H25NO2/c1-15(2)16-10-12-18(13-11-16)20(17-7-4-3-5-8-17)22-14-6-9-19(22)21(23)24/h3-5,7-8,10-13,15,19-20H,6,9,14H2,1-2H3,(H,23,24). The van der Waals surface area contributed by atoms with Crippen LogP contribution in [0.1, 0.15) is 55.3 Å². The van der Waals surface area contributed by atoms with Crippen LogP contribution in [-0.4, -0.2) is 28.6 Å². The van der Waals surface area contributed by atoms with Crippen LogP contribution in [0.5, 0.6) is 0 Å². The number of likely N-dealkylation sites (tertiary alicyclic amines) is 1. The second kappa shape index (κ2) is 7.18. The lowest BCUT2D eigenvalue weighted by molar-refractivity contribution is -0.142. The molecule has 0 spiro atoms. The van der Waals surface area contributed by atoms with E-state index in [0.717, 1.165) is 24.9 Å². The molecule has 0 amide bonds. The molecule has 126 valence electrons. The normalized spacial score (nSPS) is 19.5. The van der Waals surface area contributed by atoms with E-state index >= 15 is 0 Å². The highest BCUT2D eigenvalue weighted by Gasteiger charge is 2.36. The highest BCUT2D eigenvalue weighted by Crippen LogP contribution is 2.35. The molecule has 0 aromatic heterocycles. The van der Waals surface area contributed by atoms with Crippen molar-refractivity contribution >= 4 is 5.97 Å². The van der Waals surface area contributed by atoms with Crippen molar-refractivity contribution in [2.45, 2.75) is 44.7 Å². The average Bonchev–Trinajstić information content (AvgIpc) is 3.06. The minimum Gasteiger partial charge on any atom is -0.480 e. The van der Waals surface area contributed by atoms with Crippen LogP contribution in [0.3, 0.4) is 0 Å². The fraction of sp³-hybridized carbons (Fsp3) is 0.381. The SMILES string of the molecule is CC(C)c1ccc(C(c2ccccc2)N2CCCC2C(=O)O)cc1. The highest BCUT2D eigenvalue weighted by atomic mass is 16.4. The van der Waals surface area contributed by atoms with E-state index in [1.807, 2.05) is 18.2 Å². The number of aliphatic carboxylic acids is 1. The number of hydrogen-bond donors (Lipinski definition) is 1. The third kappa shape index (κ3) is 3.36. The van der Waals surface area contributed by atoms with Gasteiger partial charge in [0.05, 0.1) is 6.04 Å². The van der Waals surface area contributed by atoms with Crippen molar-refractivity contribution in [3.8, 4) is 0 Å². The molecule has 3 nitrogen and oxygen atoms in total. The van der Waals surface area contributed by atoms with Crippen LogP contribution in [-0.2, 0) is 4.79 Å². The predicted octanol–water partition coefficient (Wildman–Crippen LogP) is 4.45. The third-order valence-electron chi connectivity index (χ3n) is 4.95. The Morgan fingerprint density at radius 1 is 1.00 bits per heavy atom. The van der Waals surface area contributed by atoms with Gasteiger partial charge in [-0.25, -0.2) is 0 Å². The van der Waals surface area contributed by atoms with E-state index in [-0.39, 0.29) is 6.04 Å². The minimum atomic E-state index is -0.716. The summed E-state index contributed by atoms with van der Waals surface area (Å²) in [7, 11) is 0. The maximum absolute atomic E-state index is 11.7. The summed E-state index contributed by atoms with van der Waals surface area (Å²) < 4.78 is 0. The zero-order valence-corrected chi connectivity index (χ0v) is 14.4. The average molecular weight is 323 g/mol. The molecule has 2 unspecified atom stereocenters. The van der Waals surface area contributed by atoms with E-state index in [4.69, 9.17) is 0 Å². The van der Waals surface area contributed by atoms with Crippen molar-refractivity contribution < 1.29 is 9.90 Å². The van der Waals surface area contributed by atoms with Crippen LogP contribution < -0.4 is 0 Å². The van der Waals surface area contributed by atoms with Crippen LogP contribution >= 0.6 is 0 Å². The number of carboxylic acid groups (broad SMARTS) is 1. The predicted molar refractivity (Wildman–Crippen MR) is 96.2 cm³/mol. The fourth-order valence-corrected chi connectivity index (χ4v) is 3.64. The smallest absolute Gasteiger partial charge is 0.320 e. The van der Waals surface area contributed by atoms with Crippen molar-refractivity contribution in [2.75, 3.05) is 6.54 Å². The topological polar surface area (TPSA) is 40.5 Å². The molecule has 3 heteroatoms. The van der Waals surface area contributed by atoms with Gasteiger partial charge < -0.3 is 5.11 Å². The Labute approximate surface area is 143 Å². The first-order valence-corrected chi connectivity index (χ1v) is 8.71. The van der Waals surface area contributed by atoms with Crippen LogP contribution in [0.2, 0.25) is 0 Å². The van der Waals surface area contributed by atoms with Crippen LogP contribution in [0.15, 0.2) is 54.6 Å². The number of hydrogen-bond acceptors (Lipinski definition) is 2. The quantitative estimate of drug-likeness (QED) is 0.884. The summed E-state index contributed by atoms with van der Waals surface area (Å²) in [4.78, 5) is 13.8. The fourth-order valence-electron chi connectivity index (χ4n) is 3.64. The molecule has 0 radical (unpaired) electrons. The number of carboxylic acids is 1. The lowest BCUT2D eigenvalue weighted by Crippen LogP contribution is -2.39. The Morgan fingerprint density at radius 2 is 1.58 bits per heavy atom. The van der Waals surface area contributed by atoms with Crippen molar-refractivity contribution in [1.82, 2.24) is 4.90 Å². The Kier molecular flexibility index (Phi) is 5.00. The zero-order chi connectivity index (χ0) is 17.1. The maximum atomic E-state index is 11.7. The van der Waals surface area contributed by atoms with E-state index < -0.39 is 12.0 Å². The van der Waals surface area contributed by atoms with E-state index in [1.54, 1.807) is 0 Å². The summed E-state index contributed by atoms with van der Waals surface area (Å²) in [5.41, 5.74) is 3.63. The van der Waals surface area contributed by atoms with Gasteiger partial charge in [0.25, 0.3) is 0 Å². The van der Waals surface area contributed by atoms with Crippen LogP contribution in [0.4, 0.5) is 0 Å². The van der Waals surface area contributed by atoms with Crippen LogP contribution in [0, 0.1) is 0 Å². The van der Waals surface area contributed by atoms with Gasteiger partial charge >= 0.3 is 5.97 Å². The van der Waals surface area contributed by atoms with Gasteiger partial charge in [-0.3, -0.25) is 9.69 Å². The van der Waals surface area contributed by atoms with E-state index in [1.165, 1.54) is 11.1 Å². The molecule has 1 fully saturated rings. The zero-order valence-electron chi connectivity index (χ0n) is 14.4. The first-order chi connectivity index (χ1) is 11.6. The molecular weight excluding hydrogens is 298 g/mol. The van der Waals surface area contributed by atoms with Crippen molar-refractivity contribution in [3.05, 3.63) is 71.3 Å². The molecule has 2 atom stereocenters. The number of rotatable bonds is 5. The molecule has 2 aromatic rings. The molecule has 0 aliphatic carbocycles. The third-order valence-corrected chi connectivity index (χ3v) is 4.95. The molecule has 24 heavy (non-hydrogen) atoms. The molecule has 1 saturated heterocycles. The van der Waals surface area contributed by atoms with Gasteiger partial charge in [0.15, 0.2) is 0 Å². The van der Waals surface area contributed by atoms with Gasteiger partial charge in [0.2, 0.25) is 0 Å². The van der Waals surface area contributed by atoms with Crippen molar-refractivity contribution in [1.29, 1.82) is 0 Å². The van der Waals surface area contributed by atoms with Gasteiger partial charge in [-0.2, -0.15) is 0 Å². The highest BCUT2D eigenvalue weighted by molar-refractivity contribution is 5.74. The monoisotopic (exact) mass is 323 g/mol. The Hall–Kier alpha value is -2.13. The van der Waals surface area contributed by atoms with Gasteiger partial charge in [-0.05, 0) is 35.4 Å². The Bertz CT molecular complexity index is 679. The Morgan fingerprint density at radius 3 is 2.17 bits per heavy atom. The summed E-state index contributed by atoms with van der Waals surface area (Å²) in [6.45, 7) is 5.19. The van der Waals surface area contributed by atoms with Gasteiger partial charge in [0, 0.05) is 6.54 Å². The molecule has 0 saturated carbocycles. The van der Waals surface area contributed by atoms with Gasteiger partial charge in [-0.1, -0.05) is 68.4 Å². The Balaban J connectivity index is 2.01. The summed E-state index contributed by atoms with van der Waals surface area (Å²) >= 11 is 0. The molecule has 1 aliphatic heterocycles. The summed E-state index contributed by atoms with van der Waals surface area (Å²) in [6, 6.07) is 18.5. The van der Waals surface area contributed by atoms with E-state index in [0.29, 0.717) is 5.92 Å². The summed E-state index contributed by atoms with van der Waals surface area (Å²) in [5, 5.41) is 9.60. The van der Waals surface area contributed by atoms with Gasteiger partial charge in [-0.15, -0.1) is 0 Å². The molecule has 0 bridgehead atoms. The molecule has 2 aromatic carbocycles. The van der Waals surface area contributed by atoms with Crippen molar-refractivity contribution in [2.24, 2.45) is 0 Å². The van der Waals surface area contributed by atoms with Crippen LogP contribution in [0.25, 0.3) is 0 Å². The maximum Gasteiger partial charge on any atom is 0.320 e. The first kappa shape index (κ1) is 16.7. The number of carbonyl (C=O) groups is 1. The molecule has 1 aliphatic rings. The first-order valence-electron chi connectivity index (χ1n) is 8.71. The lowest BCUT2D eigenvalue weighted by atomic mass is 9.93. The molecule has 3 rings (SSSR count). The second-order valence-corrected chi connectivity index (χ2v) is 6.87. The van der Waals surface area contributed by atoms with E-state index in [9.17, 15) is 9.90 Å².